The summed E-state index contributed by atoms with van der Waals surface area (Å²) in [4.78, 5) is 15.5. The van der Waals surface area contributed by atoms with Crippen LogP contribution >= 0.6 is 0 Å². The summed E-state index contributed by atoms with van der Waals surface area (Å²) in [5.41, 5.74) is 1.92. The second kappa shape index (κ2) is 6.73. The lowest BCUT2D eigenvalue weighted by Crippen LogP contribution is -2.10. The molecule has 0 aliphatic heterocycles. The molecule has 0 amide bonds. The minimum Gasteiger partial charge on any atom is -0.464 e. The van der Waals surface area contributed by atoms with Gasteiger partial charge in [-0.3, -0.25) is 4.98 Å². The number of pyridine rings is 1. The van der Waals surface area contributed by atoms with E-state index < -0.39 is 0 Å². The first-order chi connectivity index (χ1) is 9.31. The number of esters is 1. The van der Waals surface area contributed by atoms with Crippen molar-refractivity contribution in [1.82, 2.24) is 9.55 Å². The van der Waals surface area contributed by atoms with E-state index in [9.17, 15) is 4.79 Å². The van der Waals surface area contributed by atoms with Crippen LogP contribution in [0, 0.1) is 0 Å². The van der Waals surface area contributed by atoms with Gasteiger partial charge in [0.2, 0.25) is 0 Å². The number of rotatable bonds is 6. The van der Waals surface area contributed by atoms with Gasteiger partial charge in [-0.15, -0.1) is 0 Å². The number of nitrogens with zero attached hydrogens (tertiary/aromatic N) is 2. The van der Waals surface area contributed by atoms with Crippen molar-refractivity contribution in [3.05, 3.63) is 54.1 Å². The van der Waals surface area contributed by atoms with Crippen LogP contribution in [-0.4, -0.2) is 22.6 Å². The first kappa shape index (κ1) is 13.3. The predicted molar refractivity (Wildman–Crippen MR) is 72.9 cm³/mol. The van der Waals surface area contributed by atoms with Crippen LogP contribution < -0.4 is 0 Å². The molecule has 0 atom stereocenters. The molecule has 2 aromatic rings. The minimum atomic E-state index is -0.279. The quantitative estimate of drug-likeness (QED) is 0.591. The lowest BCUT2D eigenvalue weighted by molar-refractivity contribution is 0.0588. The molecule has 0 saturated heterocycles. The molecule has 0 aromatic carbocycles. The highest BCUT2D eigenvalue weighted by Gasteiger charge is 2.09. The average Bonchev–Trinajstić information content (AvgIpc) is 2.92. The molecular weight excluding hydrogens is 240 g/mol. The van der Waals surface area contributed by atoms with E-state index >= 15 is 0 Å². The molecule has 0 spiro atoms. The van der Waals surface area contributed by atoms with Gasteiger partial charge in [0.15, 0.2) is 0 Å². The molecule has 0 radical (unpaired) electrons. The fourth-order valence-corrected chi connectivity index (χ4v) is 2.06. The van der Waals surface area contributed by atoms with E-state index in [1.54, 1.807) is 6.07 Å². The molecule has 0 aliphatic rings. The summed E-state index contributed by atoms with van der Waals surface area (Å²) < 4.78 is 6.69. The number of aryl methyl sites for hydroxylation is 2. The summed E-state index contributed by atoms with van der Waals surface area (Å²) in [7, 11) is 1.41. The number of aromatic nitrogens is 2. The van der Waals surface area contributed by atoms with Crippen LogP contribution in [0.5, 0.6) is 0 Å². The van der Waals surface area contributed by atoms with E-state index in [-0.39, 0.29) is 5.97 Å². The van der Waals surface area contributed by atoms with Gasteiger partial charge < -0.3 is 9.30 Å². The van der Waals surface area contributed by atoms with Crippen LogP contribution in [0.25, 0.3) is 0 Å². The normalized spacial score (nSPS) is 10.4. The second-order valence-corrected chi connectivity index (χ2v) is 4.39. The summed E-state index contributed by atoms with van der Waals surface area (Å²) in [6, 6.07) is 7.73. The van der Waals surface area contributed by atoms with Crippen LogP contribution in [0.4, 0.5) is 0 Å². The molecule has 0 aliphatic carbocycles. The zero-order chi connectivity index (χ0) is 13.5. The maximum absolute atomic E-state index is 11.5. The molecule has 4 heteroatoms. The third-order valence-electron chi connectivity index (χ3n) is 3.09. The van der Waals surface area contributed by atoms with Gasteiger partial charge in [-0.05, 0) is 49.1 Å². The molecule has 0 bridgehead atoms. The number of methoxy groups -OCH3 is 1. The third-order valence-corrected chi connectivity index (χ3v) is 3.09. The molecule has 0 unspecified atom stereocenters. The van der Waals surface area contributed by atoms with Crippen molar-refractivity contribution in [2.24, 2.45) is 0 Å². The van der Waals surface area contributed by atoms with Crippen molar-refractivity contribution >= 4 is 5.97 Å². The largest absolute Gasteiger partial charge is 0.464 e. The highest BCUT2D eigenvalue weighted by molar-refractivity contribution is 5.87. The van der Waals surface area contributed by atoms with Crippen molar-refractivity contribution in [1.29, 1.82) is 0 Å². The predicted octanol–water partition coefficient (Wildman–Crippen LogP) is 2.69. The molecule has 0 N–H and O–H groups in total. The van der Waals surface area contributed by atoms with Gasteiger partial charge in [0.1, 0.15) is 5.69 Å². The number of hydrogen-bond acceptors (Lipinski definition) is 3. The Hall–Kier alpha value is -2.10. The van der Waals surface area contributed by atoms with Crippen molar-refractivity contribution in [3.8, 4) is 0 Å². The van der Waals surface area contributed by atoms with Crippen LogP contribution in [0.3, 0.4) is 0 Å². The fraction of sp³-hybridized carbons (Fsp3) is 0.333. The molecule has 4 nitrogen and oxygen atoms in total. The Labute approximate surface area is 113 Å². The molecule has 0 fully saturated rings. The number of carbonyl (C=O) groups is 1. The Morgan fingerprint density at radius 3 is 2.79 bits per heavy atom. The van der Waals surface area contributed by atoms with Crippen LogP contribution in [0.1, 0.15) is 28.9 Å². The highest BCUT2D eigenvalue weighted by atomic mass is 16.5. The van der Waals surface area contributed by atoms with Crippen molar-refractivity contribution in [2.45, 2.75) is 25.8 Å². The Kier molecular flexibility index (Phi) is 4.72. The summed E-state index contributed by atoms with van der Waals surface area (Å²) in [6.45, 7) is 0.836. The van der Waals surface area contributed by atoms with E-state index in [2.05, 4.69) is 4.98 Å². The number of unbranched alkanes of at least 4 members (excludes halogenated alkanes) is 1. The van der Waals surface area contributed by atoms with Gasteiger partial charge >= 0.3 is 5.97 Å². The summed E-state index contributed by atoms with van der Waals surface area (Å²) in [6.07, 6.45) is 8.70. The van der Waals surface area contributed by atoms with E-state index in [4.69, 9.17) is 4.74 Å². The van der Waals surface area contributed by atoms with E-state index in [0.717, 1.165) is 25.8 Å². The van der Waals surface area contributed by atoms with E-state index in [0.29, 0.717) is 5.69 Å². The maximum atomic E-state index is 11.5. The van der Waals surface area contributed by atoms with Gasteiger partial charge in [-0.2, -0.15) is 0 Å². The van der Waals surface area contributed by atoms with Gasteiger partial charge in [-0.1, -0.05) is 0 Å². The average molecular weight is 258 g/mol. The van der Waals surface area contributed by atoms with Crippen molar-refractivity contribution in [2.75, 3.05) is 7.11 Å². The number of carbonyl (C=O) groups excluding carboxylic acids is 1. The summed E-state index contributed by atoms with van der Waals surface area (Å²) >= 11 is 0. The smallest absolute Gasteiger partial charge is 0.354 e. The number of ether oxygens (including phenoxy) is 1. The maximum Gasteiger partial charge on any atom is 0.354 e. The van der Waals surface area contributed by atoms with Crippen molar-refractivity contribution in [3.63, 3.8) is 0 Å². The fourth-order valence-electron chi connectivity index (χ4n) is 2.06. The zero-order valence-electron chi connectivity index (χ0n) is 11.1. The topological polar surface area (TPSA) is 44.1 Å². The molecule has 2 aromatic heterocycles. The van der Waals surface area contributed by atoms with Crippen LogP contribution in [0.15, 0.2) is 42.9 Å². The molecule has 0 saturated carbocycles. The van der Waals surface area contributed by atoms with E-state index in [1.807, 2.05) is 41.4 Å². The lowest BCUT2D eigenvalue weighted by Gasteiger charge is -2.07. The summed E-state index contributed by atoms with van der Waals surface area (Å²) in [5, 5.41) is 0. The second-order valence-electron chi connectivity index (χ2n) is 4.39. The monoisotopic (exact) mass is 258 g/mol. The SMILES string of the molecule is COC(=O)c1cccn1CCCCc1ccncc1. The van der Waals surface area contributed by atoms with Crippen LogP contribution in [-0.2, 0) is 17.7 Å². The van der Waals surface area contributed by atoms with Gasteiger partial charge in [0, 0.05) is 25.1 Å². The van der Waals surface area contributed by atoms with Gasteiger partial charge in [0.05, 0.1) is 7.11 Å². The first-order valence-corrected chi connectivity index (χ1v) is 6.43. The molecular formula is C15H18N2O2. The lowest BCUT2D eigenvalue weighted by atomic mass is 10.1. The highest BCUT2D eigenvalue weighted by Crippen LogP contribution is 2.08. The molecule has 100 valence electrons. The van der Waals surface area contributed by atoms with Crippen LogP contribution in [0.2, 0.25) is 0 Å². The van der Waals surface area contributed by atoms with Gasteiger partial charge in [0.25, 0.3) is 0 Å². The van der Waals surface area contributed by atoms with E-state index in [1.165, 1.54) is 12.7 Å². The summed E-state index contributed by atoms with van der Waals surface area (Å²) in [5.74, 6) is -0.279. The Bertz CT molecular complexity index is 520. The Morgan fingerprint density at radius 2 is 2.05 bits per heavy atom. The van der Waals surface area contributed by atoms with Gasteiger partial charge in [-0.25, -0.2) is 4.79 Å². The Balaban J connectivity index is 1.80. The molecule has 2 heterocycles. The molecule has 19 heavy (non-hydrogen) atoms. The minimum absolute atomic E-state index is 0.279. The first-order valence-electron chi connectivity index (χ1n) is 6.43. The van der Waals surface area contributed by atoms with Crippen molar-refractivity contribution < 1.29 is 9.53 Å². The third kappa shape index (κ3) is 3.68. The zero-order valence-corrected chi connectivity index (χ0v) is 11.1. The Morgan fingerprint density at radius 1 is 1.26 bits per heavy atom. The molecule has 2 rings (SSSR count). The number of hydrogen-bond donors (Lipinski definition) is 0. The standard InChI is InChI=1S/C15H18N2O2/c1-19-15(18)14-6-4-12-17(14)11-3-2-5-13-7-9-16-10-8-13/h4,6-10,12H,2-3,5,11H2,1H3.